The Kier molecular flexibility index (Phi) is 3.52. The van der Waals surface area contributed by atoms with Crippen molar-refractivity contribution >= 4 is 43.2 Å². The second-order valence-corrected chi connectivity index (χ2v) is 7.77. The molecule has 1 aliphatic heterocycles. The van der Waals surface area contributed by atoms with Crippen LogP contribution in [0.1, 0.15) is 5.56 Å². The summed E-state index contributed by atoms with van der Waals surface area (Å²) in [6.07, 6.45) is 0.724. The molecular formula is C14H11BrClNO2S. The van der Waals surface area contributed by atoms with E-state index in [1.54, 1.807) is 12.1 Å². The highest BCUT2D eigenvalue weighted by Gasteiger charge is 2.30. The fourth-order valence-electron chi connectivity index (χ4n) is 2.32. The topological polar surface area (TPSA) is 37.4 Å². The number of halogens is 2. The molecule has 0 atom stereocenters. The van der Waals surface area contributed by atoms with E-state index in [2.05, 4.69) is 15.9 Å². The largest absolute Gasteiger partial charge is 0.266 e. The fourth-order valence-corrected chi connectivity index (χ4v) is 4.36. The summed E-state index contributed by atoms with van der Waals surface area (Å²) in [4.78, 5) is 0.262. The zero-order chi connectivity index (χ0) is 14.3. The van der Waals surface area contributed by atoms with Crippen molar-refractivity contribution in [2.45, 2.75) is 11.3 Å². The van der Waals surface area contributed by atoms with Gasteiger partial charge in [0.2, 0.25) is 0 Å². The summed E-state index contributed by atoms with van der Waals surface area (Å²) in [5.41, 5.74) is 1.79. The van der Waals surface area contributed by atoms with Crippen LogP contribution >= 0.6 is 27.5 Å². The first kappa shape index (κ1) is 13.9. The van der Waals surface area contributed by atoms with Gasteiger partial charge in [0.15, 0.2) is 0 Å². The molecule has 1 heterocycles. The molecule has 0 spiro atoms. The summed E-state index contributed by atoms with van der Waals surface area (Å²) < 4.78 is 27.7. The maximum atomic E-state index is 12.7. The minimum absolute atomic E-state index is 0.262. The van der Waals surface area contributed by atoms with E-state index in [1.165, 1.54) is 16.4 Å². The van der Waals surface area contributed by atoms with E-state index in [1.807, 2.05) is 18.2 Å². The fraction of sp³-hybridized carbons (Fsp3) is 0.143. The predicted octanol–water partition coefficient (Wildman–Crippen LogP) is 3.85. The van der Waals surface area contributed by atoms with E-state index in [-0.39, 0.29) is 4.90 Å². The summed E-state index contributed by atoms with van der Waals surface area (Å²) in [6, 6.07) is 11.9. The van der Waals surface area contributed by atoms with Gasteiger partial charge in [-0.3, -0.25) is 4.31 Å². The predicted molar refractivity (Wildman–Crippen MR) is 83.8 cm³/mol. The van der Waals surface area contributed by atoms with Crippen molar-refractivity contribution in [1.29, 1.82) is 0 Å². The molecule has 3 rings (SSSR count). The quantitative estimate of drug-likeness (QED) is 0.803. The third-order valence-electron chi connectivity index (χ3n) is 3.30. The van der Waals surface area contributed by atoms with Crippen LogP contribution in [-0.2, 0) is 16.4 Å². The minimum Gasteiger partial charge on any atom is -0.266 e. The summed E-state index contributed by atoms with van der Waals surface area (Å²) in [5, 5.41) is 0.523. The Morgan fingerprint density at radius 2 is 1.80 bits per heavy atom. The molecule has 0 unspecified atom stereocenters. The number of sulfonamides is 1. The van der Waals surface area contributed by atoms with Crippen molar-refractivity contribution in [1.82, 2.24) is 0 Å². The Morgan fingerprint density at radius 3 is 2.50 bits per heavy atom. The maximum absolute atomic E-state index is 12.7. The first-order valence-corrected chi connectivity index (χ1v) is 8.66. The number of hydrogen-bond acceptors (Lipinski definition) is 2. The Bertz CT molecular complexity index is 759. The van der Waals surface area contributed by atoms with Gasteiger partial charge < -0.3 is 0 Å². The molecule has 0 bridgehead atoms. The van der Waals surface area contributed by atoms with Crippen LogP contribution in [0.25, 0.3) is 0 Å². The van der Waals surface area contributed by atoms with Crippen LogP contribution in [0.4, 0.5) is 5.69 Å². The molecule has 0 fully saturated rings. The van der Waals surface area contributed by atoms with Crippen molar-refractivity contribution in [2.75, 3.05) is 10.8 Å². The summed E-state index contributed by atoms with van der Waals surface area (Å²) in [5.74, 6) is 0. The molecule has 20 heavy (non-hydrogen) atoms. The minimum atomic E-state index is -3.52. The first-order valence-electron chi connectivity index (χ1n) is 6.05. The number of nitrogens with zero attached hydrogens (tertiary/aromatic N) is 1. The van der Waals surface area contributed by atoms with Crippen LogP contribution < -0.4 is 4.31 Å². The molecule has 0 N–H and O–H groups in total. The maximum Gasteiger partial charge on any atom is 0.264 e. The van der Waals surface area contributed by atoms with E-state index < -0.39 is 10.0 Å². The van der Waals surface area contributed by atoms with Crippen LogP contribution in [0, 0.1) is 0 Å². The molecule has 104 valence electrons. The van der Waals surface area contributed by atoms with Crippen LogP contribution in [0.5, 0.6) is 0 Å². The number of hydrogen-bond donors (Lipinski definition) is 0. The lowest BCUT2D eigenvalue weighted by molar-refractivity contribution is 0.592. The van der Waals surface area contributed by atoms with E-state index in [0.717, 1.165) is 22.1 Å². The van der Waals surface area contributed by atoms with Crippen molar-refractivity contribution < 1.29 is 8.42 Å². The average Bonchev–Trinajstić information content (AvgIpc) is 2.82. The zero-order valence-electron chi connectivity index (χ0n) is 10.4. The smallest absolute Gasteiger partial charge is 0.264 e. The molecular weight excluding hydrogens is 362 g/mol. The zero-order valence-corrected chi connectivity index (χ0v) is 13.5. The van der Waals surface area contributed by atoms with Crippen molar-refractivity contribution in [3.8, 4) is 0 Å². The standard InChI is InChI=1S/C14H11BrClNO2S/c15-11-1-6-14-10(9-11)7-8-17(14)20(18,19)13-4-2-12(16)3-5-13/h1-6,9H,7-8H2. The molecule has 2 aromatic rings. The van der Waals surface area contributed by atoms with E-state index >= 15 is 0 Å². The van der Waals surface area contributed by atoms with Crippen LogP contribution in [0.15, 0.2) is 51.8 Å². The second kappa shape index (κ2) is 5.06. The second-order valence-electron chi connectivity index (χ2n) is 4.55. The molecule has 0 radical (unpaired) electrons. The lowest BCUT2D eigenvalue weighted by atomic mass is 10.2. The molecule has 2 aromatic carbocycles. The molecule has 0 saturated carbocycles. The monoisotopic (exact) mass is 371 g/mol. The van der Waals surface area contributed by atoms with Gasteiger partial charge in [0.25, 0.3) is 10.0 Å². The lowest BCUT2D eigenvalue weighted by Crippen LogP contribution is -2.29. The molecule has 0 saturated heterocycles. The van der Waals surface area contributed by atoms with E-state index in [0.29, 0.717) is 11.6 Å². The lowest BCUT2D eigenvalue weighted by Gasteiger charge is -2.19. The summed E-state index contributed by atoms with van der Waals surface area (Å²) in [6.45, 7) is 0.469. The van der Waals surface area contributed by atoms with Crippen LogP contribution in [0.3, 0.4) is 0 Å². The van der Waals surface area contributed by atoms with Crippen molar-refractivity contribution in [2.24, 2.45) is 0 Å². The van der Waals surface area contributed by atoms with Gasteiger partial charge in [-0.25, -0.2) is 8.42 Å². The third kappa shape index (κ3) is 2.34. The van der Waals surface area contributed by atoms with Gasteiger partial charge in [-0.1, -0.05) is 27.5 Å². The number of fused-ring (bicyclic) bond motifs is 1. The SMILES string of the molecule is O=S(=O)(c1ccc(Cl)cc1)N1CCc2cc(Br)ccc21. The van der Waals surface area contributed by atoms with Gasteiger partial charge in [-0.2, -0.15) is 0 Å². The number of rotatable bonds is 2. The van der Waals surface area contributed by atoms with Gasteiger partial charge in [0.1, 0.15) is 0 Å². The highest BCUT2D eigenvalue weighted by Crippen LogP contribution is 2.34. The number of benzene rings is 2. The first-order chi connectivity index (χ1) is 9.48. The summed E-state index contributed by atoms with van der Waals surface area (Å²) in [7, 11) is -3.52. The third-order valence-corrected chi connectivity index (χ3v) is 5.87. The van der Waals surface area contributed by atoms with Gasteiger partial charge >= 0.3 is 0 Å². The Balaban J connectivity index is 2.05. The molecule has 3 nitrogen and oxygen atoms in total. The summed E-state index contributed by atoms with van der Waals surface area (Å²) >= 11 is 9.21. The number of anilines is 1. The van der Waals surface area contributed by atoms with Gasteiger partial charge in [0, 0.05) is 16.0 Å². The molecule has 1 aliphatic rings. The molecule has 0 aliphatic carbocycles. The van der Waals surface area contributed by atoms with Crippen LogP contribution in [-0.4, -0.2) is 15.0 Å². The highest BCUT2D eigenvalue weighted by molar-refractivity contribution is 9.10. The Morgan fingerprint density at radius 1 is 1.10 bits per heavy atom. The molecule has 6 heteroatoms. The van der Waals surface area contributed by atoms with Gasteiger partial charge in [-0.05, 0) is 54.4 Å². The van der Waals surface area contributed by atoms with Crippen molar-refractivity contribution in [3.05, 3.63) is 57.5 Å². The average molecular weight is 373 g/mol. The van der Waals surface area contributed by atoms with E-state index in [9.17, 15) is 8.42 Å². The highest BCUT2D eigenvalue weighted by atomic mass is 79.9. The van der Waals surface area contributed by atoms with Crippen LogP contribution in [0.2, 0.25) is 5.02 Å². The van der Waals surface area contributed by atoms with Gasteiger partial charge in [-0.15, -0.1) is 0 Å². The van der Waals surface area contributed by atoms with Crippen molar-refractivity contribution in [3.63, 3.8) is 0 Å². The Labute approximate surface area is 131 Å². The normalized spacial score (nSPS) is 14.4. The molecule has 0 amide bonds. The van der Waals surface area contributed by atoms with Gasteiger partial charge in [0.05, 0.1) is 10.6 Å². The molecule has 0 aromatic heterocycles. The van der Waals surface area contributed by atoms with E-state index in [4.69, 9.17) is 11.6 Å². The Hall–Kier alpha value is -1.04.